The Bertz CT molecular complexity index is 367. The van der Waals surface area contributed by atoms with E-state index in [4.69, 9.17) is 9.47 Å². The Hall–Kier alpha value is -1.13. The lowest BCUT2D eigenvalue weighted by Crippen LogP contribution is -2.26. The summed E-state index contributed by atoms with van der Waals surface area (Å²) in [5, 5.41) is 13.3. The Balaban J connectivity index is 0.00000162. The molecule has 0 saturated carbocycles. The summed E-state index contributed by atoms with van der Waals surface area (Å²) in [5.41, 5.74) is 1.11. The van der Waals surface area contributed by atoms with Crippen LogP contribution < -0.4 is 14.8 Å². The first kappa shape index (κ1) is 14.9. The predicted octanol–water partition coefficient (Wildman–Crippen LogP) is 2.65. The van der Waals surface area contributed by atoms with Gasteiger partial charge in [0.2, 0.25) is 5.75 Å². The van der Waals surface area contributed by atoms with Gasteiger partial charge in [0, 0.05) is 6.04 Å². The van der Waals surface area contributed by atoms with Crippen molar-refractivity contribution in [3.8, 4) is 17.2 Å². The van der Waals surface area contributed by atoms with Crippen molar-refractivity contribution < 1.29 is 14.6 Å². The van der Waals surface area contributed by atoms with E-state index in [2.05, 4.69) is 5.32 Å². The van der Waals surface area contributed by atoms with Crippen LogP contribution in [0.15, 0.2) is 12.1 Å². The number of nitrogens with one attached hydrogen (secondary N) is 1. The van der Waals surface area contributed by atoms with Crippen molar-refractivity contribution in [2.24, 2.45) is 0 Å². The van der Waals surface area contributed by atoms with Crippen LogP contribution in [0.2, 0.25) is 0 Å². The third-order valence-electron chi connectivity index (χ3n) is 3.21. The number of hydrogen-bond acceptors (Lipinski definition) is 4. The normalized spacial score (nSPS) is 18.9. The molecule has 0 bridgehead atoms. The first-order chi connectivity index (χ1) is 8.26. The summed E-state index contributed by atoms with van der Waals surface area (Å²) in [6.07, 6.45) is 3.56. The number of phenols is 1. The van der Waals surface area contributed by atoms with Crippen LogP contribution in [-0.4, -0.2) is 25.9 Å². The van der Waals surface area contributed by atoms with Gasteiger partial charge in [0.15, 0.2) is 11.5 Å². The van der Waals surface area contributed by atoms with Crippen molar-refractivity contribution in [2.75, 3.05) is 20.8 Å². The third kappa shape index (κ3) is 3.00. The molecule has 1 aliphatic rings. The fourth-order valence-corrected chi connectivity index (χ4v) is 2.25. The van der Waals surface area contributed by atoms with Gasteiger partial charge in [-0.2, -0.15) is 0 Å². The summed E-state index contributed by atoms with van der Waals surface area (Å²) in [4.78, 5) is 0. The number of rotatable bonds is 3. The molecule has 1 aromatic rings. The number of methoxy groups -OCH3 is 2. The Kier molecular flexibility index (Phi) is 5.56. The standard InChI is InChI=1S/C13H19NO3.ClH/c1-16-11-7-9(8-12(17-2)13(11)15)10-5-3-4-6-14-10;/h7-8,10,14-15H,3-6H2,1-2H3;1H/t10-;/m1./s1. The Morgan fingerprint density at radius 3 is 2.22 bits per heavy atom. The molecule has 2 N–H and O–H groups in total. The van der Waals surface area contributed by atoms with E-state index >= 15 is 0 Å². The highest BCUT2D eigenvalue weighted by Gasteiger charge is 2.19. The van der Waals surface area contributed by atoms with E-state index in [0.29, 0.717) is 17.5 Å². The second kappa shape index (κ2) is 6.71. The van der Waals surface area contributed by atoms with E-state index < -0.39 is 0 Å². The van der Waals surface area contributed by atoms with E-state index in [1.165, 1.54) is 12.8 Å². The van der Waals surface area contributed by atoms with Crippen LogP contribution >= 0.6 is 12.4 Å². The number of phenolic OH excluding ortho intramolecular Hbond substituents is 1. The fraction of sp³-hybridized carbons (Fsp3) is 0.538. The minimum Gasteiger partial charge on any atom is -0.502 e. The van der Waals surface area contributed by atoms with E-state index in [1.54, 1.807) is 14.2 Å². The largest absolute Gasteiger partial charge is 0.502 e. The zero-order valence-corrected chi connectivity index (χ0v) is 11.5. The molecule has 2 rings (SSSR count). The second-order valence-electron chi connectivity index (χ2n) is 4.28. The van der Waals surface area contributed by atoms with Gasteiger partial charge in [-0.25, -0.2) is 0 Å². The monoisotopic (exact) mass is 273 g/mol. The third-order valence-corrected chi connectivity index (χ3v) is 3.21. The average molecular weight is 274 g/mol. The summed E-state index contributed by atoms with van der Waals surface area (Å²) in [5.74, 6) is 0.994. The molecule has 0 amide bonds. The molecule has 18 heavy (non-hydrogen) atoms. The maximum Gasteiger partial charge on any atom is 0.200 e. The molecule has 0 aliphatic carbocycles. The second-order valence-corrected chi connectivity index (χ2v) is 4.28. The van der Waals surface area contributed by atoms with Gasteiger partial charge in [-0.3, -0.25) is 0 Å². The minimum atomic E-state index is 0. The van der Waals surface area contributed by atoms with Crippen molar-refractivity contribution >= 4 is 12.4 Å². The summed E-state index contributed by atoms with van der Waals surface area (Å²) < 4.78 is 10.3. The van der Waals surface area contributed by atoms with Gasteiger partial charge < -0.3 is 19.9 Å². The Labute approximate surface area is 114 Å². The molecule has 0 radical (unpaired) electrons. The topological polar surface area (TPSA) is 50.7 Å². The lowest BCUT2D eigenvalue weighted by molar-refractivity contribution is 0.336. The number of hydrogen-bond donors (Lipinski definition) is 2. The van der Waals surface area contributed by atoms with Gasteiger partial charge in [-0.05, 0) is 37.1 Å². The fourth-order valence-electron chi connectivity index (χ4n) is 2.25. The van der Waals surface area contributed by atoms with Gasteiger partial charge >= 0.3 is 0 Å². The number of ether oxygens (including phenoxy) is 2. The van der Waals surface area contributed by atoms with Crippen LogP contribution in [0, 0.1) is 0 Å². The first-order valence-corrected chi connectivity index (χ1v) is 5.94. The van der Waals surface area contributed by atoms with E-state index in [0.717, 1.165) is 18.5 Å². The molecule has 1 heterocycles. The lowest BCUT2D eigenvalue weighted by atomic mass is 9.97. The first-order valence-electron chi connectivity index (χ1n) is 5.94. The molecule has 0 aromatic heterocycles. The molecule has 1 atom stereocenters. The molecule has 4 nitrogen and oxygen atoms in total. The molecular formula is C13H20ClNO3. The van der Waals surface area contributed by atoms with Crippen LogP contribution in [0.5, 0.6) is 17.2 Å². The zero-order chi connectivity index (χ0) is 12.3. The molecule has 1 saturated heterocycles. The zero-order valence-electron chi connectivity index (χ0n) is 10.7. The molecule has 102 valence electrons. The lowest BCUT2D eigenvalue weighted by Gasteiger charge is -2.24. The molecule has 5 heteroatoms. The van der Waals surface area contributed by atoms with Gasteiger partial charge in [0.05, 0.1) is 14.2 Å². The minimum absolute atomic E-state index is 0. The number of halogens is 1. The number of piperidine rings is 1. The van der Waals surface area contributed by atoms with E-state index in [1.807, 2.05) is 12.1 Å². The highest BCUT2D eigenvalue weighted by atomic mass is 35.5. The van der Waals surface area contributed by atoms with Crippen LogP contribution in [0.1, 0.15) is 30.9 Å². The Morgan fingerprint density at radius 2 is 1.78 bits per heavy atom. The van der Waals surface area contributed by atoms with Crippen molar-refractivity contribution in [1.29, 1.82) is 0 Å². The SMILES string of the molecule is COc1cc([C@H]2CCCCN2)cc(OC)c1O.Cl. The average Bonchev–Trinajstić information content (AvgIpc) is 2.40. The van der Waals surface area contributed by atoms with E-state index in [-0.39, 0.29) is 18.2 Å². The maximum atomic E-state index is 9.84. The van der Waals surface area contributed by atoms with Crippen molar-refractivity contribution in [2.45, 2.75) is 25.3 Å². The number of aromatic hydroxyl groups is 1. The molecule has 0 unspecified atom stereocenters. The quantitative estimate of drug-likeness (QED) is 0.889. The molecular weight excluding hydrogens is 254 g/mol. The van der Waals surface area contributed by atoms with Crippen LogP contribution in [0.3, 0.4) is 0 Å². The molecule has 0 spiro atoms. The molecule has 1 aromatic carbocycles. The van der Waals surface area contributed by atoms with Crippen molar-refractivity contribution in [3.05, 3.63) is 17.7 Å². The van der Waals surface area contributed by atoms with Crippen LogP contribution in [0.4, 0.5) is 0 Å². The summed E-state index contributed by atoms with van der Waals surface area (Å²) in [6, 6.07) is 4.08. The van der Waals surface area contributed by atoms with E-state index in [9.17, 15) is 5.11 Å². The molecule has 1 fully saturated rings. The highest BCUT2D eigenvalue weighted by molar-refractivity contribution is 5.85. The van der Waals surface area contributed by atoms with Crippen LogP contribution in [0.25, 0.3) is 0 Å². The number of benzene rings is 1. The smallest absolute Gasteiger partial charge is 0.200 e. The summed E-state index contributed by atoms with van der Waals surface area (Å²) in [6.45, 7) is 1.04. The summed E-state index contributed by atoms with van der Waals surface area (Å²) in [7, 11) is 3.10. The molecule has 1 aliphatic heterocycles. The van der Waals surface area contributed by atoms with Crippen molar-refractivity contribution in [1.82, 2.24) is 5.32 Å². The highest BCUT2D eigenvalue weighted by Crippen LogP contribution is 2.39. The van der Waals surface area contributed by atoms with Gasteiger partial charge in [-0.15, -0.1) is 12.4 Å². The van der Waals surface area contributed by atoms with Crippen molar-refractivity contribution in [3.63, 3.8) is 0 Å². The predicted molar refractivity (Wildman–Crippen MR) is 73.1 cm³/mol. The maximum absolute atomic E-state index is 9.84. The van der Waals surface area contributed by atoms with Crippen LogP contribution in [-0.2, 0) is 0 Å². The van der Waals surface area contributed by atoms with Gasteiger partial charge in [-0.1, -0.05) is 6.42 Å². The van der Waals surface area contributed by atoms with Gasteiger partial charge in [0.1, 0.15) is 0 Å². The summed E-state index contributed by atoms with van der Waals surface area (Å²) >= 11 is 0. The Morgan fingerprint density at radius 1 is 1.17 bits per heavy atom. The van der Waals surface area contributed by atoms with Gasteiger partial charge in [0.25, 0.3) is 0 Å².